The van der Waals surface area contributed by atoms with Crippen LogP contribution in [0.25, 0.3) is 11.0 Å². The summed E-state index contributed by atoms with van der Waals surface area (Å²) in [7, 11) is 1.90. The van der Waals surface area contributed by atoms with Crippen LogP contribution in [0.3, 0.4) is 0 Å². The van der Waals surface area contributed by atoms with Crippen LogP contribution in [0.5, 0.6) is 0 Å². The SMILES string of the molecule is CC(C)Nc1ccc2nnn(C)c2c1. The maximum absolute atomic E-state index is 4.02. The molecule has 14 heavy (non-hydrogen) atoms. The molecule has 2 aromatic rings. The molecular formula is C10H14N4. The normalized spacial score (nSPS) is 11.1. The Morgan fingerprint density at radius 1 is 1.36 bits per heavy atom. The minimum absolute atomic E-state index is 0.439. The van der Waals surface area contributed by atoms with Gasteiger partial charge < -0.3 is 5.32 Å². The number of hydrogen-bond acceptors (Lipinski definition) is 3. The number of benzene rings is 1. The third-order valence-electron chi connectivity index (χ3n) is 2.07. The molecule has 1 heterocycles. The molecule has 0 bridgehead atoms. The average Bonchev–Trinajstić information content (AvgIpc) is 2.47. The number of fused-ring (bicyclic) bond motifs is 1. The summed E-state index contributed by atoms with van der Waals surface area (Å²) in [6.07, 6.45) is 0. The molecule has 4 nitrogen and oxygen atoms in total. The van der Waals surface area contributed by atoms with Gasteiger partial charge in [0.2, 0.25) is 0 Å². The molecule has 0 fully saturated rings. The molecule has 0 spiro atoms. The molecule has 0 amide bonds. The van der Waals surface area contributed by atoms with Gasteiger partial charge in [0.25, 0.3) is 0 Å². The fourth-order valence-corrected chi connectivity index (χ4v) is 1.45. The van der Waals surface area contributed by atoms with Crippen molar-refractivity contribution in [1.82, 2.24) is 15.0 Å². The monoisotopic (exact) mass is 190 g/mol. The number of anilines is 1. The molecule has 0 saturated carbocycles. The first-order valence-electron chi connectivity index (χ1n) is 4.73. The van der Waals surface area contributed by atoms with E-state index in [0.717, 1.165) is 16.7 Å². The zero-order valence-electron chi connectivity index (χ0n) is 8.65. The summed E-state index contributed by atoms with van der Waals surface area (Å²) in [5.41, 5.74) is 3.09. The van der Waals surface area contributed by atoms with E-state index in [-0.39, 0.29) is 0 Å². The van der Waals surface area contributed by atoms with Crippen molar-refractivity contribution in [1.29, 1.82) is 0 Å². The zero-order valence-corrected chi connectivity index (χ0v) is 8.65. The van der Waals surface area contributed by atoms with Crippen LogP contribution in [0.1, 0.15) is 13.8 Å². The minimum Gasteiger partial charge on any atom is -0.383 e. The lowest BCUT2D eigenvalue weighted by atomic mass is 10.2. The van der Waals surface area contributed by atoms with Gasteiger partial charge in [-0.05, 0) is 32.0 Å². The number of aromatic nitrogens is 3. The van der Waals surface area contributed by atoms with Crippen molar-refractivity contribution in [2.45, 2.75) is 19.9 Å². The first-order chi connectivity index (χ1) is 6.66. The van der Waals surface area contributed by atoms with Crippen LogP contribution in [0.4, 0.5) is 5.69 Å². The summed E-state index contributed by atoms with van der Waals surface area (Å²) in [5.74, 6) is 0. The van der Waals surface area contributed by atoms with E-state index in [4.69, 9.17) is 0 Å². The van der Waals surface area contributed by atoms with Crippen LogP contribution in [0.15, 0.2) is 18.2 Å². The highest BCUT2D eigenvalue weighted by Crippen LogP contribution is 2.16. The van der Waals surface area contributed by atoms with Crippen molar-refractivity contribution in [3.8, 4) is 0 Å². The van der Waals surface area contributed by atoms with Gasteiger partial charge >= 0.3 is 0 Å². The summed E-state index contributed by atoms with van der Waals surface area (Å²) in [5, 5.41) is 11.3. The lowest BCUT2D eigenvalue weighted by Gasteiger charge is -2.09. The second-order valence-electron chi connectivity index (χ2n) is 3.72. The maximum Gasteiger partial charge on any atom is 0.113 e. The Hall–Kier alpha value is -1.58. The Kier molecular flexibility index (Phi) is 2.11. The Morgan fingerprint density at radius 3 is 2.86 bits per heavy atom. The molecule has 0 aliphatic rings. The van der Waals surface area contributed by atoms with Crippen molar-refractivity contribution in [3.05, 3.63) is 18.2 Å². The van der Waals surface area contributed by atoms with Crippen LogP contribution in [-0.4, -0.2) is 21.0 Å². The molecule has 0 aliphatic carbocycles. The molecule has 0 saturated heterocycles. The van der Waals surface area contributed by atoms with Crippen LogP contribution in [0.2, 0.25) is 0 Å². The maximum atomic E-state index is 4.02. The second kappa shape index (κ2) is 3.29. The molecule has 1 aromatic carbocycles. The fourth-order valence-electron chi connectivity index (χ4n) is 1.45. The Bertz CT molecular complexity index is 444. The number of rotatable bonds is 2. The van der Waals surface area contributed by atoms with Gasteiger partial charge in [-0.25, -0.2) is 4.68 Å². The molecule has 0 aliphatic heterocycles. The number of aryl methyl sites for hydroxylation is 1. The largest absolute Gasteiger partial charge is 0.383 e. The van der Waals surface area contributed by atoms with Crippen LogP contribution in [0, 0.1) is 0 Å². The molecule has 1 aromatic heterocycles. The molecule has 2 rings (SSSR count). The summed E-state index contributed by atoms with van der Waals surface area (Å²) in [4.78, 5) is 0. The highest BCUT2D eigenvalue weighted by molar-refractivity contribution is 5.78. The van der Waals surface area contributed by atoms with Gasteiger partial charge in [-0.3, -0.25) is 0 Å². The molecular weight excluding hydrogens is 176 g/mol. The van der Waals surface area contributed by atoms with Gasteiger partial charge in [0.1, 0.15) is 5.52 Å². The zero-order chi connectivity index (χ0) is 10.1. The van der Waals surface area contributed by atoms with E-state index in [9.17, 15) is 0 Å². The molecule has 0 atom stereocenters. The van der Waals surface area contributed by atoms with Gasteiger partial charge in [0.05, 0.1) is 5.52 Å². The summed E-state index contributed by atoms with van der Waals surface area (Å²) >= 11 is 0. The molecule has 0 unspecified atom stereocenters. The summed E-state index contributed by atoms with van der Waals surface area (Å²) < 4.78 is 1.78. The van der Waals surface area contributed by atoms with Gasteiger partial charge in [0, 0.05) is 18.8 Å². The molecule has 4 heteroatoms. The summed E-state index contributed by atoms with van der Waals surface area (Å²) in [6.45, 7) is 4.23. The Morgan fingerprint density at radius 2 is 2.14 bits per heavy atom. The molecule has 1 N–H and O–H groups in total. The minimum atomic E-state index is 0.439. The fraction of sp³-hybridized carbons (Fsp3) is 0.400. The van der Waals surface area contributed by atoms with Gasteiger partial charge in [-0.15, -0.1) is 5.10 Å². The van der Waals surface area contributed by atoms with Crippen molar-refractivity contribution in [2.75, 3.05) is 5.32 Å². The van der Waals surface area contributed by atoms with E-state index in [2.05, 4.69) is 35.5 Å². The van der Waals surface area contributed by atoms with Crippen LogP contribution < -0.4 is 5.32 Å². The first kappa shape index (κ1) is 8.99. The van der Waals surface area contributed by atoms with Crippen molar-refractivity contribution in [2.24, 2.45) is 7.05 Å². The first-order valence-corrected chi connectivity index (χ1v) is 4.73. The quantitative estimate of drug-likeness (QED) is 0.785. The van der Waals surface area contributed by atoms with E-state index in [0.29, 0.717) is 6.04 Å². The Labute approximate surface area is 82.9 Å². The molecule has 74 valence electrons. The number of nitrogens with one attached hydrogen (secondary N) is 1. The Balaban J connectivity index is 2.44. The van der Waals surface area contributed by atoms with Gasteiger partial charge in [0.15, 0.2) is 0 Å². The smallest absolute Gasteiger partial charge is 0.113 e. The van der Waals surface area contributed by atoms with Gasteiger partial charge in [-0.1, -0.05) is 5.21 Å². The van der Waals surface area contributed by atoms with E-state index < -0.39 is 0 Å². The van der Waals surface area contributed by atoms with E-state index in [1.807, 2.05) is 19.2 Å². The lowest BCUT2D eigenvalue weighted by Crippen LogP contribution is -2.09. The van der Waals surface area contributed by atoms with Crippen molar-refractivity contribution >= 4 is 16.7 Å². The number of hydrogen-bond donors (Lipinski definition) is 1. The predicted molar refractivity (Wildman–Crippen MR) is 57.3 cm³/mol. The van der Waals surface area contributed by atoms with E-state index in [1.165, 1.54) is 0 Å². The van der Waals surface area contributed by atoms with Crippen LogP contribution >= 0.6 is 0 Å². The van der Waals surface area contributed by atoms with E-state index in [1.54, 1.807) is 4.68 Å². The highest BCUT2D eigenvalue weighted by atomic mass is 15.4. The number of nitrogens with zero attached hydrogens (tertiary/aromatic N) is 3. The topological polar surface area (TPSA) is 42.7 Å². The molecule has 0 radical (unpaired) electrons. The average molecular weight is 190 g/mol. The standard InChI is InChI=1S/C10H14N4/c1-7(2)11-8-4-5-9-10(6-8)14(3)13-12-9/h4-7,11H,1-3H3. The van der Waals surface area contributed by atoms with Crippen molar-refractivity contribution in [3.63, 3.8) is 0 Å². The second-order valence-corrected chi connectivity index (χ2v) is 3.72. The predicted octanol–water partition coefficient (Wildman–Crippen LogP) is 1.79. The van der Waals surface area contributed by atoms with E-state index >= 15 is 0 Å². The highest BCUT2D eigenvalue weighted by Gasteiger charge is 2.02. The third kappa shape index (κ3) is 1.55. The lowest BCUT2D eigenvalue weighted by molar-refractivity contribution is 0.736. The van der Waals surface area contributed by atoms with Gasteiger partial charge in [-0.2, -0.15) is 0 Å². The van der Waals surface area contributed by atoms with Crippen molar-refractivity contribution < 1.29 is 0 Å². The third-order valence-corrected chi connectivity index (χ3v) is 2.07. The van der Waals surface area contributed by atoms with Crippen LogP contribution in [-0.2, 0) is 7.05 Å². The summed E-state index contributed by atoms with van der Waals surface area (Å²) in [6, 6.07) is 6.51.